The number of benzene rings is 4. The summed E-state index contributed by atoms with van der Waals surface area (Å²) in [5.41, 5.74) is 5.27. The van der Waals surface area contributed by atoms with Crippen molar-refractivity contribution < 1.29 is 9.53 Å². The van der Waals surface area contributed by atoms with Crippen molar-refractivity contribution in [3.05, 3.63) is 125 Å². The molecule has 4 nitrogen and oxygen atoms in total. The molecule has 0 aromatic heterocycles. The van der Waals surface area contributed by atoms with E-state index < -0.39 is 0 Å². The lowest BCUT2D eigenvalue weighted by molar-refractivity contribution is -0.123. The van der Waals surface area contributed by atoms with E-state index in [1.165, 1.54) is 0 Å². The van der Waals surface area contributed by atoms with E-state index in [2.05, 4.69) is 26.5 Å². The van der Waals surface area contributed by atoms with Gasteiger partial charge >= 0.3 is 0 Å². The molecule has 0 aliphatic rings. The Morgan fingerprint density at radius 3 is 2.03 bits per heavy atom. The maximum atomic E-state index is 12.4. The molecule has 1 amide bonds. The van der Waals surface area contributed by atoms with Gasteiger partial charge in [-0.25, -0.2) is 5.43 Å². The smallest absolute Gasteiger partial charge is 0.277 e. The van der Waals surface area contributed by atoms with E-state index in [0.717, 1.165) is 26.4 Å². The summed E-state index contributed by atoms with van der Waals surface area (Å²) < 4.78 is 6.55. The number of amides is 1. The van der Waals surface area contributed by atoms with E-state index in [1.54, 1.807) is 0 Å². The monoisotopic (exact) mass is 510 g/mol. The highest BCUT2D eigenvalue weighted by Crippen LogP contribution is 2.32. The van der Waals surface area contributed by atoms with E-state index in [4.69, 9.17) is 4.74 Å². The van der Waals surface area contributed by atoms with Gasteiger partial charge < -0.3 is 4.74 Å². The predicted molar refractivity (Wildman–Crippen MR) is 144 cm³/mol. The van der Waals surface area contributed by atoms with Gasteiger partial charge in [-0.3, -0.25) is 4.79 Å². The topological polar surface area (TPSA) is 50.7 Å². The summed E-state index contributed by atoms with van der Waals surface area (Å²) >= 11 is 3.58. The quantitative estimate of drug-likeness (QED) is 0.207. The summed E-state index contributed by atoms with van der Waals surface area (Å²) in [6.07, 6.45) is 7.61. The van der Waals surface area contributed by atoms with Crippen molar-refractivity contribution in [3.8, 4) is 5.75 Å². The summed E-state index contributed by atoms with van der Waals surface area (Å²) in [5, 5.41) is 6.41. The number of carbonyl (C=O) groups excluding carboxylic acids is 1. The lowest BCUT2D eigenvalue weighted by atomic mass is 10.1. The molecule has 0 heterocycles. The summed E-state index contributed by atoms with van der Waals surface area (Å²) in [5.74, 6) is 0.254. The number of nitrogens with zero attached hydrogens (tertiary/aromatic N) is 1. The molecule has 0 fully saturated rings. The van der Waals surface area contributed by atoms with Gasteiger partial charge in [0.05, 0.1) is 10.2 Å². The summed E-state index contributed by atoms with van der Waals surface area (Å²) in [6, 6.07) is 31.6. The number of hydrazone groups is 1. The van der Waals surface area contributed by atoms with Gasteiger partial charge in [-0.1, -0.05) is 103 Å². The number of fused-ring (bicyclic) bond motifs is 1. The van der Waals surface area contributed by atoms with Crippen LogP contribution >= 0.6 is 15.9 Å². The Kier molecular flexibility index (Phi) is 8.04. The van der Waals surface area contributed by atoms with Crippen LogP contribution in [-0.2, 0) is 4.79 Å². The second kappa shape index (κ2) is 11.8. The summed E-state index contributed by atoms with van der Waals surface area (Å²) in [4.78, 5) is 12.4. The highest BCUT2D eigenvalue weighted by atomic mass is 79.9. The van der Waals surface area contributed by atoms with Gasteiger partial charge in [-0.05, 0) is 56.0 Å². The predicted octanol–water partition coefficient (Wildman–Crippen LogP) is 6.88. The highest BCUT2D eigenvalue weighted by molar-refractivity contribution is 9.10. The Balaban J connectivity index is 1.44. The molecule has 0 saturated carbocycles. The lowest BCUT2D eigenvalue weighted by Gasteiger charge is -2.09. The first-order valence-electron chi connectivity index (χ1n) is 10.8. The zero-order chi connectivity index (χ0) is 23.6. The molecule has 0 unspecified atom stereocenters. The molecule has 1 N–H and O–H groups in total. The van der Waals surface area contributed by atoms with E-state index >= 15 is 0 Å². The van der Waals surface area contributed by atoms with Crippen LogP contribution in [0.4, 0.5) is 0 Å². The normalized spacial score (nSPS) is 11.9. The Hall–Kier alpha value is -3.96. The molecule has 0 bridgehead atoms. The molecule has 168 valence electrons. The van der Waals surface area contributed by atoms with Crippen molar-refractivity contribution in [2.45, 2.75) is 0 Å². The van der Waals surface area contributed by atoms with Crippen LogP contribution in [0.3, 0.4) is 0 Å². The van der Waals surface area contributed by atoms with Gasteiger partial charge in [0, 0.05) is 0 Å². The van der Waals surface area contributed by atoms with Crippen LogP contribution in [0, 0.1) is 0 Å². The van der Waals surface area contributed by atoms with Crippen molar-refractivity contribution >= 4 is 50.5 Å². The van der Waals surface area contributed by atoms with E-state index in [1.807, 2.05) is 121 Å². The molecule has 0 saturated heterocycles. The zero-order valence-electron chi connectivity index (χ0n) is 18.4. The van der Waals surface area contributed by atoms with Crippen LogP contribution in [0.2, 0.25) is 0 Å². The van der Waals surface area contributed by atoms with Crippen molar-refractivity contribution in [1.29, 1.82) is 0 Å². The number of nitrogens with one attached hydrogen (secondary N) is 1. The van der Waals surface area contributed by atoms with Gasteiger partial charge in [0.25, 0.3) is 5.91 Å². The molecule has 4 aromatic carbocycles. The Morgan fingerprint density at radius 2 is 1.38 bits per heavy atom. The summed E-state index contributed by atoms with van der Waals surface area (Å²) in [6.45, 7) is -0.154. The Bertz CT molecular complexity index is 1300. The average Bonchev–Trinajstić information content (AvgIpc) is 2.89. The van der Waals surface area contributed by atoms with Crippen molar-refractivity contribution in [1.82, 2.24) is 5.43 Å². The third kappa shape index (κ3) is 6.53. The fourth-order valence-corrected chi connectivity index (χ4v) is 3.86. The Labute approximate surface area is 207 Å². The van der Waals surface area contributed by atoms with Crippen LogP contribution in [0.15, 0.2) is 119 Å². The first-order chi connectivity index (χ1) is 16.7. The van der Waals surface area contributed by atoms with Crippen LogP contribution in [0.25, 0.3) is 22.9 Å². The van der Waals surface area contributed by atoms with E-state index in [9.17, 15) is 4.79 Å². The fourth-order valence-electron chi connectivity index (χ4n) is 3.25. The average molecular weight is 511 g/mol. The second-order valence-electron chi connectivity index (χ2n) is 7.45. The maximum absolute atomic E-state index is 12.4. The van der Waals surface area contributed by atoms with E-state index in [0.29, 0.717) is 11.5 Å². The number of hydrogen-bond donors (Lipinski definition) is 1. The highest BCUT2D eigenvalue weighted by Gasteiger charge is 2.08. The molecule has 4 aromatic rings. The van der Waals surface area contributed by atoms with Gasteiger partial charge in [0.15, 0.2) is 6.61 Å². The molecule has 5 heteroatoms. The lowest BCUT2D eigenvalue weighted by Crippen LogP contribution is -2.25. The largest absolute Gasteiger partial charge is 0.483 e. The number of hydrogen-bond acceptors (Lipinski definition) is 3. The fraction of sp³-hybridized carbons (Fsp3) is 0.0345. The van der Waals surface area contributed by atoms with Gasteiger partial charge in [0.2, 0.25) is 0 Å². The standard InChI is InChI=1S/C29H23BrN2O2/c30-29-26-14-8-7-13-24(26)17-20-27(29)34-21-28(33)32-31-25(18-15-22-9-3-1-4-10-22)19-16-23-11-5-2-6-12-23/h1-20H,21H2,(H,32,33)/b18-15+,19-16?,31-25?. The second-order valence-corrected chi connectivity index (χ2v) is 8.24. The number of rotatable bonds is 8. The molecular weight excluding hydrogens is 488 g/mol. The minimum absolute atomic E-state index is 0.154. The molecular formula is C29H23BrN2O2. The minimum atomic E-state index is -0.348. The van der Waals surface area contributed by atoms with Gasteiger partial charge in [-0.15, -0.1) is 0 Å². The number of ether oxygens (including phenoxy) is 1. The molecule has 34 heavy (non-hydrogen) atoms. The SMILES string of the molecule is O=C(COc1ccc2ccccc2c1Br)NN=C(C=Cc1ccccc1)/C=C/c1ccccc1. The van der Waals surface area contributed by atoms with Crippen molar-refractivity contribution in [2.75, 3.05) is 6.61 Å². The van der Waals surface area contributed by atoms with Gasteiger partial charge in [0.1, 0.15) is 5.75 Å². The maximum Gasteiger partial charge on any atom is 0.277 e. The van der Waals surface area contributed by atoms with Crippen molar-refractivity contribution in [3.63, 3.8) is 0 Å². The number of halogens is 1. The molecule has 0 radical (unpaired) electrons. The van der Waals surface area contributed by atoms with Gasteiger partial charge in [-0.2, -0.15) is 5.10 Å². The third-order valence-electron chi connectivity index (χ3n) is 4.99. The molecule has 0 aliphatic heterocycles. The number of allylic oxidation sites excluding steroid dienone is 2. The third-order valence-corrected chi connectivity index (χ3v) is 5.81. The molecule has 4 rings (SSSR count). The summed E-state index contributed by atoms with van der Waals surface area (Å²) in [7, 11) is 0. The van der Waals surface area contributed by atoms with Crippen LogP contribution in [-0.4, -0.2) is 18.2 Å². The number of carbonyl (C=O) groups is 1. The minimum Gasteiger partial charge on any atom is -0.483 e. The molecule has 0 aliphatic carbocycles. The first-order valence-corrected chi connectivity index (χ1v) is 11.6. The van der Waals surface area contributed by atoms with Crippen LogP contribution < -0.4 is 10.2 Å². The van der Waals surface area contributed by atoms with E-state index in [-0.39, 0.29) is 12.5 Å². The van der Waals surface area contributed by atoms with Crippen molar-refractivity contribution in [2.24, 2.45) is 5.10 Å². The first kappa shape index (κ1) is 23.2. The zero-order valence-corrected chi connectivity index (χ0v) is 20.0. The molecule has 0 spiro atoms. The Morgan fingerprint density at radius 1 is 0.794 bits per heavy atom. The van der Waals surface area contributed by atoms with Crippen LogP contribution in [0.5, 0.6) is 5.75 Å². The molecule has 0 atom stereocenters. The van der Waals surface area contributed by atoms with Crippen LogP contribution in [0.1, 0.15) is 11.1 Å².